The molecule has 4 aliphatic carbocycles. The standard InChI is InChI=1S/C19H26O3/c1-18-7-5-12(20)9-11(18)10-15(21)17-13-3-4-16(22)19(13,2)8-6-14(17)18/h11,13-14,17H,3-10H2,1-2H3/t11-,13-,14-,17-,18+,19+/m1/s1. The highest BCUT2D eigenvalue weighted by atomic mass is 16.1. The third-order valence-corrected chi connectivity index (χ3v) is 8.00. The molecule has 4 rings (SSSR count). The van der Waals surface area contributed by atoms with Crippen LogP contribution in [-0.2, 0) is 14.4 Å². The number of Topliss-reactive ketones (excluding diaryl/α,β-unsaturated/α-hetero) is 3. The molecule has 0 aromatic rings. The number of carbonyl (C=O) groups excluding carboxylic acids is 3. The van der Waals surface area contributed by atoms with Crippen LogP contribution in [0.1, 0.15) is 65.2 Å². The molecule has 0 spiro atoms. The summed E-state index contributed by atoms with van der Waals surface area (Å²) in [6, 6.07) is 0. The molecule has 6 atom stereocenters. The predicted molar refractivity (Wildman–Crippen MR) is 82.1 cm³/mol. The molecule has 22 heavy (non-hydrogen) atoms. The van der Waals surface area contributed by atoms with Gasteiger partial charge in [-0.15, -0.1) is 0 Å². The Morgan fingerprint density at radius 3 is 2.45 bits per heavy atom. The summed E-state index contributed by atoms with van der Waals surface area (Å²) in [7, 11) is 0. The Labute approximate surface area is 132 Å². The molecule has 4 fully saturated rings. The smallest absolute Gasteiger partial charge is 0.139 e. The van der Waals surface area contributed by atoms with Gasteiger partial charge in [0.2, 0.25) is 0 Å². The SMILES string of the molecule is C[C@]12CCC(=O)C[C@@H]1CC(=O)[C@H]1[C@H]2CC[C@]2(C)C(=O)CC[C@H]12. The van der Waals surface area contributed by atoms with Gasteiger partial charge < -0.3 is 0 Å². The Balaban J connectivity index is 1.72. The van der Waals surface area contributed by atoms with E-state index in [0.29, 0.717) is 49.0 Å². The van der Waals surface area contributed by atoms with Crippen molar-refractivity contribution >= 4 is 17.3 Å². The van der Waals surface area contributed by atoms with E-state index in [1.165, 1.54) is 0 Å². The van der Waals surface area contributed by atoms with Crippen LogP contribution >= 0.6 is 0 Å². The molecule has 4 saturated carbocycles. The van der Waals surface area contributed by atoms with Crippen molar-refractivity contribution in [3.05, 3.63) is 0 Å². The number of hydrogen-bond acceptors (Lipinski definition) is 3. The molecule has 0 radical (unpaired) electrons. The summed E-state index contributed by atoms with van der Waals surface area (Å²) in [5.41, 5.74) is -0.107. The van der Waals surface area contributed by atoms with E-state index in [-0.39, 0.29) is 28.6 Å². The van der Waals surface area contributed by atoms with Crippen molar-refractivity contribution in [3.8, 4) is 0 Å². The van der Waals surface area contributed by atoms with E-state index >= 15 is 0 Å². The second kappa shape index (κ2) is 4.52. The third kappa shape index (κ3) is 1.71. The Morgan fingerprint density at radius 2 is 1.68 bits per heavy atom. The maximum Gasteiger partial charge on any atom is 0.139 e. The molecule has 3 heteroatoms. The van der Waals surface area contributed by atoms with Crippen molar-refractivity contribution in [2.24, 2.45) is 34.5 Å². The highest BCUT2D eigenvalue weighted by molar-refractivity contribution is 5.91. The molecule has 0 saturated heterocycles. The average molecular weight is 302 g/mol. The van der Waals surface area contributed by atoms with Gasteiger partial charge in [-0.1, -0.05) is 13.8 Å². The van der Waals surface area contributed by atoms with Gasteiger partial charge in [-0.25, -0.2) is 0 Å². The fraction of sp³-hybridized carbons (Fsp3) is 0.842. The lowest BCUT2D eigenvalue weighted by Gasteiger charge is -2.58. The van der Waals surface area contributed by atoms with E-state index < -0.39 is 0 Å². The molecule has 0 heterocycles. The summed E-state index contributed by atoms with van der Waals surface area (Å²) in [5, 5.41) is 0. The molecule has 0 N–H and O–H groups in total. The van der Waals surface area contributed by atoms with Crippen LogP contribution in [0.2, 0.25) is 0 Å². The fourth-order valence-corrected chi connectivity index (χ4v) is 6.50. The number of rotatable bonds is 0. The van der Waals surface area contributed by atoms with Gasteiger partial charge in [0.1, 0.15) is 17.3 Å². The van der Waals surface area contributed by atoms with E-state index in [2.05, 4.69) is 13.8 Å². The number of carbonyl (C=O) groups is 3. The average Bonchev–Trinajstić information content (AvgIpc) is 2.77. The number of hydrogen-bond donors (Lipinski definition) is 0. The molecule has 120 valence electrons. The zero-order valence-corrected chi connectivity index (χ0v) is 13.7. The minimum atomic E-state index is -0.246. The predicted octanol–water partition coefficient (Wildman–Crippen LogP) is 3.35. The minimum absolute atomic E-state index is 0.0830. The minimum Gasteiger partial charge on any atom is -0.300 e. The monoisotopic (exact) mass is 302 g/mol. The summed E-state index contributed by atoms with van der Waals surface area (Å²) >= 11 is 0. The van der Waals surface area contributed by atoms with E-state index in [0.717, 1.165) is 25.7 Å². The molecule has 4 aliphatic rings. The van der Waals surface area contributed by atoms with Crippen molar-refractivity contribution in [2.45, 2.75) is 65.2 Å². The van der Waals surface area contributed by atoms with Gasteiger partial charge in [0.15, 0.2) is 0 Å². The second-order valence-corrected chi connectivity index (χ2v) is 8.77. The van der Waals surface area contributed by atoms with Gasteiger partial charge in [-0.2, -0.15) is 0 Å². The Kier molecular flexibility index (Phi) is 3.00. The van der Waals surface area contributed by atoms with Gasteiger partial charge in [0, 0.05) is 37.0 Å². The summed E-state index contributed by atoms with van der Waals surface area (Å²) in [6.07, 6.45) is 6.32. The van der Waals surface area contributed by atoms with Gasteiger partial charge in [-0.05, 0) is 48.9 Å². The van der Waals surface area contributed by atoms with Crippen LogP contribution < -0.4 is 0 Å². The fourth-order valence-electron chi connectivity index (χ4n) is 6.50. The first-order chi connectivity index (χ1) is 10.4. The first-order valence-electron chi connectivity index (χ1n) is 8.94. The van der Waals surface area contributed by atoms with Crippen LogP contribution in [0.5, 0.6) is 0 Å². The lowest BCUT2D eigenvalue weighted by molar-refractivity contribution is -0.158. The number of fused-ring (bicyclic) bond motifs is 5. The van der Waals surface area contributed by atoms with E-state index in [1.807, 2.05) is 0 Å². The number of ketones is 3. The molecule has 0 aromatic heterocycles. The Hall–Kier alpha value is -0.990. The molecule has 3 nitrogen and oxygen atoms in total. The zero-order valence-electron chi connectivity index (χ0n) is 13.7. The molecular weight excluding hydrogens is 276 g/mol. The van der Waals surface area contributed by atoms with Crippen LogP contribution in [0.15, 0.2) is 0 Å². The molecule has 0 unspecified atom stereocenters. The van der Waals surface area contributed by atoms with Crippen molar-refractivity contribution in [3.63, 3.8) is 0 Å². The lowest BCUT2D eigenvalue weighted by atomic mass is 9.45. The van der Waals surface area contributed by atoms with Gasteiger partial charge in [-0.3, -0.25) is 14.4 Å². The summed E-state index contributed by atoms with van der Waals surface area (Å²) < 4.78 is 0. The maximum absolute atomic E-state index is 12.9. The van der Waals surface area contributed by atoms with Gasteiger partial charge in [0.25, 0.3) is 0 Å². The molecule has 0 bridgehead atoms. The summed E-state index contributed by atoms with van der Waals surface area (Å²) in [6.45, 7) is 4.43. The van der Waals surface area contributed by atoms with Crippen LogP contribution in [0, 0.1) is 34.5 Å². The van der Waals surface area contributed by atoms with Crippen molar-refractivity contribution in [1.82, 2.24) is 0 Å². The lowest BCUT2D eigenvalue weighted by Crippen LogP contribution is -2.57. The summed E-state index contributed by atoms with van der Waals surface area (Å²) in [4.78, 5) is 37.1. The zero-order chi connectivity index (χ0) is 15.7. The van der Waals surface area contributed by atoms with Crippen molar-refractivity contribution in [1.29, 1.82) is 0 Å². The quantitative estimate of drug-likeness (QED) is 0.689. The highest BCUT2D eigenvalue weighted by Gasteiger charge is 2.62. The van der Waals surface area contributed by atoms with E-state index in [9.17, 15) is 14.4 Å². The Bertz CT molecular complexity index is 565. The normalized spacial score (nSPS) is 51.3. The third-order valence-electron chi connectivity index (χ3n) is 8.00. The van der Waals surface area contributed by atoms with E-state index in [1.54, 1.807) is 0 Å². The highest BCUT2D eigenvalue weighted by Crippen LogP contribution is 2.64. The molecule has 0 aromatic carbocycles. The van der Waals surface area contributed by atoms with Gasteiger partial charge in [0.05, 0.1) is 0 Å². The first kappa shape index (κ1) is 14.6. The molecule has 0 aliphatic heterocycles. The largest absolute Gasteiger partial charge is 0.300 e. The topological polar surface area (TPSA) is 51.2 Å². The maximum atomic E-state index is 12.9. The van der Waals surface area contributed by atoms with Crippen molar-refractivity contribution in [2.75, 3.05) is 0 Å². The molecule has 0 amide bonds. The second-order valence-electron chi connectivity index (χ2n) is 8.77. The van der Waals surface area contributed by atoms with Crippen LogP contribution in [-0.4, -0.2) is 17.3 Å². The van der Waals surface area contributed by atoms with Crippen LogP contribution in [0.3, 0.4) is 0 Å². The van der Waals surface area contributed by atoms with Crippen LogP contribution in [0.4, 0.5) is 0 Å². The molecular formula is C19H26O3. The van der Waals surface area contributed by atoms with E-state index in [4.69, 9.17) is 0 Å². The first-order valence-corrected chi connectivity index (χ1v) is 8.94. The Morgan fingerprint density at radius 1 is 0.909 bits per heavy atom. The summed E-state index contributed by atoms with van der Waals surface area (Å²) in [5.74, 6) is 2.08. The van der Waals surface area contributed by atoms with Gasteiger partial charge >= 0.3 is 0 Å². The van der Waals surface area contributed by atoms with Crippen molar-refractivity contribution < 1.29 is 14.4 Å². The van der Waals surface area contributed by atoms with Crippen LogP contribution in [0.25, 0.3) is 0 Å².